The number of thiazole rings is 1. The Morgan fingerprint density at radius 1 is 1.58 bits per heavy atom. The molecule has 0 N–H and O–H groups in total. The number of nitrogens with zero attached hydrogens (tertiary/aromatic N) is 2. The molecule has 1 rings (SSSR count). The molecule has 0 bridgehead atoms. The number of rotatable bonds is 4. The van der Waals surface area contributed by atoms with Gasteiger partial charge in [0.2, 0.25) is 0 Å². The third kappa shape index (κ3) is 3.56. The normalized spacial score (nSPS) is 11.0. The van der Waals surface area contributed by atoms with Gasteiger partial charge in [-0.3, -0.25) is 0 Å². The standard InChI is InChI=1S/C8H14N2S2/c1-7-9-6-8(12-7)11-5-4-10(2)3/h6H,4-5H2,1-3H3. The fraction of sp³-hybridized carbons (Fsp3) is 0.625. The lowest BCUT2D eigenvalue weighted by atomic mass is 10.7. The van der Waals surface area contributed by atoms with Crippen LogP contribution in [0.25, 0.3) is 0 Å². The summed E-state index contributed by atoms with van der Waals surface area (Å²) in [7, 11) is 4.19. The minimum absolute atomic E-state index is 1.13. The van der Waals surface area contributed by atoms with Crippen LogP contribution in [0.5, 0.6) is 0 Å². The molecule has 12 heavy (non-hydrogen) atoms. The van der Waals surface area contributed by atoms with Gasteiger partial charge >= 0.3 is 0 Å². The summed E-state index contributed by atoms with van der Waals surface area (Å²) >= 11 is 3.66. The van der Waals surface area contributed by atoms with E-state index < -0.39 is 0 Å². The van der Waals surface area contributed by atoms with E-state index >= 15 is 0 Å². The molecule has 1 aromatic heterocycles. The second-order valence-electron chi connectivity index (χ2n) is 2.85. The molecule has 0 saturated carbocycles. The molecular weight excluding hydrogens is 188 g/mol. The van der Waals surface area contributed by atoms with Crippen molar-refractivity contribution in [2.75, 3.05) is 26.4 Å². The first-order valence-electron chi connectivity index (χ1n) is 3.88. The predicted octanol–water partition coefficient (Wildman–Crippen LogP) is 2.11. The smallest absolute Gasteiger partial charge is 0.0905 e. The third-order valence-electron chi connectivity index (χ3n) is 1.38. The Morgan fingerprint density at radius 3 is 2.83 bits per heavy atom. The maximum absolute atomic E-state index is 4.20. The largest absolute Gasteiger partial charge is 0.309 e. The summed E-state index contributed by atoms with van der Waals surface area (Å²) in [4.78, 5) is 6.39. The Balaban J connectivity index is 2.24. The zero-order chi connectivity index (χ0) is 8.97. The van der Waals surface area contributed by atoms with Gasteiger partial charge in [0.25, 0.3) is 0 Å². The van der Waals surface area contributed by atoms with Gasteiger partial charge in [0, 0.05) is 12.3 Å². The quantitative estimate of drug-likeness (QED) is 0.696. The van der Waals surface area contributed by atoms with Gasteiger partial charge in [0.05, 0.1) is 15.4 Å². The Morgan fingerprint density at radius 2 is 2.33 bits per heavy atom. The molecule has 68 valence electrons. The molecule has 0 aliphatic carbocycles. The monoisotopic (exact) mass is 202 g/mol. The van der Waals surface area contributed by atoms with Gasteiger partial charge in [0.15, 0.2) is 0 Å². The first-order chi connectivity index (χ1) is 5.68. The van der Waals surface area contributed by atoms with Gasteiger partial charge in [-0.1, -0.05) is 0 Å². The van der Waals surface area contributed by atoms with E-state index in [1.807, 2.05) is 24.9 Å². The van der Waals surface area contributed by atoms with Gasteiger partial charge in [-0.05, 0) is 21.0 Å². The molecule has 0 saturated heterocycles. The van der Waals surface area contributed by atoms with Gasteiger partial charge in [-0.15, -0.1) is 23.1 Å². The van der Waals surface area contributed by atoms with Crippen molar-refractivity contribution in [3.05, 3.63) is 11.2 Å². The summed E-state index contributed by atoms with van der Waals surface area (Å²) in [6.07, 6.45) is 1.96. The average molecular weight is 202 g/mol. The van der Waals surface area contributed by atoms with Crippen LogP contribution in [0.1, 0.15) is 5.01 Å². The fourth-order valence-electron chi connectivity index (χ4n) is 0.737. The van der Waals surface area contributed by atoms with E-state index in [4.69, 9.17) is 0 Å². The molecule has 0 aliphatic heterocycles. The third-order valence-corrected chi connectivity index (χ3v) is 3.47. The molecule has 2 nitrogen and oxygen atoms in total. The Kier molecular flexibility index (Phi) is 4.05. The Hall–Kier alpha value is -0.0600. The minimum atomic E-state index is 1.13. The van der Waals surface area contributed by atoms with Crippen LogP contribution < -0.4 is 0 Å². The van der Waals surface area contributed by atoms with E-state index in [9.17, 15) is 0 Å². The fourth-order valence-corrected chi connectivity index (χ4v) is 2.87. The molecule has 1 aromatic rings. The highest BCUT2D eigenvalue weighted by Crippen LogP contribution is 2.24. The number of hydrogen-bond acceptors (Lipinski definition) is 4. The van der Waals surface area contributed by atoms with Crippen molar-refractivity contribution >= 4 is 23.1 Å². The minimum Gasteiger partial charge on any atom is -0.309 e. The van der Waals surface area contributed by atoms with Crippen molar-refractivity contribution in [3.8, 4) is 0 Å². The first-order valence-corrected chi connectivity index (χ1v) is 5.68. The molecule has 1 heterocycles. The SMILES string of the molecule is Cc1ncc(SCCN(C)C)s1. The topological polar surface area (TPSA) is 16.1 Å². The average Bonchev–Trinajstić information content (AvgIpc) is 2.35. The van der Waals surface area contributed by atoms with E-state index in [2.05, 4.69) is 24.0 Å². The summed E-state index contributed by atoms with van der Waals surface area (Å²) in [5.41, 5.74) is 0. The lowest BCUT2D eigenvalue weighted by Crippen LogP contribution is -2.14. The second-order valence-corrected chi connectivity index (χ2v) is 5.48. The van der Waals surface area contributed by atoms with E-state index in [0.717, 1.165) is 17.3 Å². The van der Waals surface area contributed by atoms with Crippen molar-refractivity contribution in [3.63, 3.8) is 0 Å². The van der Waals surface area contributed by atoms with Crippen molar-refractivity contribution in [2.45, 2.75) is 11.1 Å². The predicted molar refractivity (Wildman–Crippen MR) is 56.1 cm³/mol. The molecule has 0 aliphatic rings. The molecular formula is C8H14N2S2. The van der Waals surface area contributed by atoms with E-state index in [1.165, 1.54) is 4.21 Å². The van der Waals surface area contributed by atoms with Crippen molar-refractivity contribution in [1.82, 2.24) is 9.88 Å². The lowest BCUT2D eigenvalue weighted by molar-refractivity contribution is 0.437. The summed E-state index contributed by atoms with van der Waals surface area (Å²) in [6, 6.07) is 0. The first kappa shape index (κ1) is 10.0. The number of thioether (sulfide) groups is 1. The summed E-state index contributed by atoms with van der Waals surface area (Å²) in [6.45, 7) is 3.17. The maximum Gasteiger partial charge on any atom is 0.0905 e. The van der Waals surface area contributed by atoms with Crippen LogP contribution in [0.2, 0.25) is 0 Å². The molecule has 0 atom stereocenters. The van der Waals surface area contributed by atoms with Gasteiger partial charge in [-0.25, -0.2) is 4.98 Å². The maximum atomic E-state index is 4.20. The van der Waals surface area contributed by atoms with Gasteiger partial charge in [-0.2, -0.15) is 0 Å². The van der Waals surface area contributed by atoms with E-state index in [-0.39, 0.29) is 0 Å². The zero-order valence-electron chi connectivity index (χ0n) is 7.70. The number of hydrogen-bond donors (Lipinski definition) is 0. The van der Waals surface area contributed by atoms with Crippen molar-refractivity contribution < 1.29 is 0 Å². The second kappa shape index (κ2) is 4.84. The van der Waals surface area contributed by atoms with Gasteiger partial charge < -0.3 is 4.90 Å². The molecule has 0 amide bonds. The molecule has 0 aromatic carbocycles. The summed E-state index contributed by atoms with van der Waals surface area (Å²) in [5.74, 6) is 1.15. The van der Waals surface area contributed by atoms with Crippen LogP contribution in [0, 0.1) is 6.92 Å². The molecule has 0 unspecified atom stereocenters. The van der Waals surface area contributed by atoms with Crippen LogP contribution in [-0.2, 0) is 0 Å². The number of aromatic nitrogens is 1. The zero-order valence-corrected chi connectivity index (χ0v) is 9.34. The van der Waals surface area contributed by atoms with Crippen LogP contribution in [0.4, 0.5) is 0 Å². The molecule has 0 spiro atoms. The highest BCUT2D eigenvalue weighted by Gasteiger charge is 1.98. The Labute approximate surface area is 82.0 Å². The summed E-state index contributed by atoms with van der Waals surface area (Å²) < 4.78 is 1.33. The molecule has 0 radical (unpaired) electrons. The lowest BCUT2D eigenvalue weighted by Gasteiger charge is -2.06. The van der Waals surface area contributed by atoms with E-state index in [1.54, 1.807) is 11.3 Å². The highest BCUT2D eigenvalue weighted by atomic mass is 32.2. The van der Waals surface area contributed by atoms with E-state index in [0.29, 0.717) is 0 Å². The van der Waals surface area contributed by atoms with Crippen molar-refractivity contribution in [1.29, 1.82) is 0 Å². The van der Waals surface area contributed by atoms with Crippen LogP contribution in [-0.4, -0.2) is 36.3 Å². The summed E-state index contributed by atoms with van der Waals surface area (Å²) in [5, 5.41) is 1.15. The van der Waals surface area contributed by atoms with Crippen LogP contribution in [0.3, 0.4) is 0 Å². The van der Waals surface area contributed by atoms with Gasteiger partial charge in [0.1, 0.15) is 0 Å². The molecule has 0 fully saturated rings. The van der Waals surface area contributed by atoms with Crippen LogP contribution >= 0.6 is 23.1 Å². The van der Waals surface area contributed by atoms with Crippen LogP contribution in [0.15, 0.2) is 10.4 Å². The molecule has 4 heteroatoms. The van der Waals surface area contributed by atoms with Crippen molar-refractivity contribution in [2.24, 2.45) is 0 Å². The Bertz CT molecular complexity index is 233. The number of aryl methyl sites for hydroxylation is 1. The highest BCUT2D eigenvalue weighted by molar-refractivity contribution is 8.01.